The minimum atomic E-state index is 0.0777. The minimum Gasteiger partial charge on any atom is -0.351 e. The number of nitrogens with zero attached hydrogens (tertiary/aromatic N) is 2. The van der Waals surface area contributed by atoms with Crippen molar-refractivity contribution in [2.45, 2.75) is 38.6 Å². The molecule has 1 aromatic heterocycles. The highest BCUT2D eigenvalue weighted by molar-refractivity contribution is 5.94. The average Bonchev–Trinajstić information content (AvgIpc) is 3.01. The molecule has 1 aromatic carbocycles. The lowest BCUT2D eigenvalue weighted by molar-refractivity contribution is 0.101. The summed E-state index contributed by atoms with van der Waals surface area (Å²) in [5, 5.41) is 3.38. The number of hydrogen-bond acceptors (Lipinski definition) is 4. The summed E-state index contributed by atoms with van der Waals surface area (Å²) in [6, 6.07) is 8.05. The van der Waals surface area contributed by atoms with Crippen LogP contribution in [-0.4, -0.2) is 21.8 Å². The van der Waals surface area contributed by atoms with Crippen LogP contribution in [0.3, 0.4) is 0 Å². The number of ketones is 1. The molecule has 1 N–H and O–H groups in total. The molecule has 0 amide bonds. The fourth-order valence-electron chi connectivity index (χ4n) is 2.70. The van der Waals surface area contributed by atoms with Crippen LogP contribution in [0.25, 0.3) is 11.1 Å². The standard InChI is InChI=1S/C17H19N3O/c1-12(21)13-6-8-14(9-7-13)15-10-18-17(19-11-15)20-16-4-2-3-5-16/h6-11,16H,2-5H2,1H3,(H,18,19,20). The van der Waals surface area contributed by atoms with E-state index in [0.717, 1.165) is 16.7 Å². The van der Waals surface area contributed by atoms with E-state index in [0.29, 0.717) is 12.0 Å². The molecule has 21 heavy (non-hydrogen) atoms. The number of Topliss-reactive ketones (excluding diaryl/α,β-unsaturated/α-hetero) is 1. The fraction of sp³-hybridized carbons (Fsp3) is 0.353. The van der Waals surface area contributed by atoms with Gasteiger partial charge in [-0.05, 0) is 25.3 Å². The van der Waals surface area contributed by atoms with Crippen molar-refractivity contribution < 1.29 is 4.79 Å². The number of nitrogens with one attached hydrogen (secondary N) is 1. The van der Waals surface area contributed by atoms with Crippen molar-refractivity contribution in [2.24, 2.45) is 0 Å². The molecule has 1 heterocycles. The molecule has 0 radical (unpaired) electrons. The Kier molecular flexibility index (Phi) is 3.95. The van der Waals surface area contributed by atoms with Gasteiger partial charge in [0.2, 0.25) is 5.95 Å². The SMILES string of the molecule is CC(=O)c1ccc(-c2cnc(NC3CCCC3)nc2)cc1. The zero-order valence-electron chi connectivity index (χ0n) is 12.2. The average molecular weight is 281 g/mol. The first kappa shape index (κ1) is 13.7. The maximum absolute atomic E-state index is 11.3. The normalized spacial score (nSPS) is 15.1. The van der Waals surface area contributed by atoms with Gasteiger partial charge in [-0.2, -0.15) is 0 Å². The van der Waals surface area contributed by atoms with E-state index in [1.54, 1.807) is 6.92 Å². The van der Waals surface area contributed by atoms with Gasteiger partial charge >= 0.3 is 0 Å². The van der Waals surface area contributed by atoms with Gasteiger partial charge in [0, 0.05) is 29.6 Å². The first-order chi connectivity index (χ1) is 10.2. The van der Waals surface area contributed by atoms with Crippen LogP contribution in [0.5, 0.6) is 0 Å². The van der Waals surface area contributed by atoms with Crippen LogP contribution in [0.1, 0.15) is 43.0 Å². The third kappa shape index (κ3) is 3.27. The van der Waals surface area contributed by atoms with Gasteiger partial charge in [0.1, 0.15) is 0 Å². The van der Waals surface area contributed by atoms with Gasteiger partial charge in [-0.25, -0.2) is 9.97 Å². The van der Waals surface area contributed by atoms with Gasteiger partial charge in [-0.15, -0.1) is 0 Å². The number of rotatable bonds is 4. The molecule has 2 aromatic rings. The van der Waals surface area contributed by atoms with Gasteiger partial charge in [0.15, 0.2) is 5.78 Å². The molecule has 0 aliphatic heterocycles. The summed E-state index contributed by atoms with van der Waals surface area (Å²) in [7, 11) is 0. The van der Waals surface area contributed by atoms with Gasteiger partial charge in [0.25, 0.3) is 0 Å². The predicted octanol–water partition coefficient (Wildman–Crippen LogP) is 3.70. The van der Waals surface area contributed by atoms with Crippen LogP contribution in [-0.2, 0) is 0 Å². The zero-order valence-corrected chi connectivity index (χ0v) is 12.2. The molecule has 4 heteroatoms. The third-order valence-corrected chi connectivity index (χ3v) is 3.96. The van der Waals surface area contributed by atoms with E-state index >= 15 is 0 Å². The summed E-state index contributed by atoms with van der Waals surface area (Å²) >= 11 is 0. The summed E-state index contributed by atoms with van der Waals surface area (Å²) in [6.07, 6.45) is 8.64. The van der Waals surface area contributed by atoms with Crippen LogP contribution in [0.4, 0.5) is 5.95 Å². The monoisotopic (exact) mass is 281 g/mol. The number of carbonyl (C=O) groups is 1. The van der Waals surface area contributed by atoms with Crippen LogP contribution in [0.2, 0.25) is 0 Å². The molecule has 0 saturated heterocycles. The molecule has 1 fully saturated rings. The topological polar surface area (TPSA) is 54.9 Å². The van der Waals surface area contributed by atoms with Crippen molar-refractivity contribution in [3.63, 3.8) is 0 Å². The second-order valence-corrected chi connectivity index (χ2v) is 5.55. The molecule has 4 nitrogen and oxygen atoms in total. The van der Waals surface area contributed by atoms with E-state index in [9.17, 15) is 4.79 Å². The summed E-state index contributed by atoms with van der Waals surface area (Å²) in [4.78, 5) is 20.0. The van der Waals surface area contributed by atoms with Gasteiger partial charge in [-0.1, -0.05) is 37.1 Å². The van der Waals surface area contributed by atoms with Crippen molar-refractivity contribution in [2.75, 3.05) is 5.32 Å². The first-order valence-corrected chi connectivity index (χ1v) is 7.42. The Balaban J connectivity index is 1.72. The molecule has 1 saturated carbocycles. The highest BCUT2D eigenvalue weighted by Gasteiger charge is 2.15. The molecule has 0 atom stereocenters. The Morgan fingerprint density at radius 3 is 2.24 bits per heavy atom. The molecule has 1 aliphatic rings. The maximum atomic E-state index is 11.3. The number of carbonyl (C=O) groups excluding carboxylic acids is 1. The predicted molar refractivity (Wildman–Crippen MR) is 83.4 cm³/mol. The minimum absolute atomic E-state index is 0.0777. The van der Waals surface area contributed by atoms with Gasteiger partial charge in [0.05, 0.1) is 0 Å². The van der Waals surface area contributed by atoms with E-state index in [-0.39, 0.29) is 5.78 Å². The molecular formula is C17H19N3O. The first-order valence-electron chi connectivity index (χ1n) is 7.42. The number of anilines is 1. The van der Waals surface area contributed by atoms with Crippen LogP contribution >= 0.6 is 0 Å². The molecular weight excluding hydrogens is 262 g/mol. The molecule has 0 unspecified atom stereocenters. The van der Waals surface area contributed by atoms with Crippen LogP contribution < -0.4 is 5.32 Å². The second kappa shape index (κ2) is 6.04. The lowest BCUT2D eigenvalue weighted by Crippen LogP contribution is -2.16. The van der Waals surface area contributed by atoms with E-state index in [4.69, 9.17) is 0 Å². The Labute approximate surface area is 124 Å². The summed E-state index contributed by atoms with van der Waals surface area (Å²) in [5.41, 5.74) is 2.70. The molecule has 3 rings (SSSR count). The Hall–Kier alpha value is -2.23. The molecule has 0 spiro atoms. The van der Waals surface area contributed by atoms with Crippen LogP contribution in [0.15, 0.2) is 36.7 Å². The quantitative estimate of drug-likeness (QED) is 0.868. The summed E-state index contributed by atoms with van der Waals surface area (Å²) < 4.78 is 0. The van der Waals surface area contributed by atoms with Gasteiger partial charge < -0.3 is 5.32 Å². The van der Waals surface area contributed by atoms with Crippen LogP contribution in [0, 0.1) is 0 Å². The number of benzene rings is 1. The van der Waals surface area contributed by atoms with E-state index in [1.165, 1.54) is 25.7 Å². The van der Waals surface area contributed by atoms with Gasteiger partial charge in [-0.3, -0.25) is 4.79 Å². The van der Waals surface area contributed by atoms with Crippen molar-refractivity contribution in [3.8, 4) is 11.1 Å². The Morgan fingerprint density at radius 1 is 1.05 bits per heavy atom. The highest BCUT2D eigenvalue weighted by Crippen LogP contribution is 2.22. The third-order valence-electron chi connectivity index (χ3n) is 3.96. The molecule has 108 valence electrons. The van der Waals surface area contributed by atoms with Crippen molar-refractivity contribution >= 4 is 11.7 Å². The summed E-state index contributed by atoms with van der Waals surface area (Å²) in [5.74, 6) is 0.778. The number of aromatic nitrogens is 2. The highest BCUT2D eigenvalue weighted by atomic mass is 16.1. The maximum Gasteiger partial charge on any atom is 0.222 e. The van der Waals surface area contributed by atoms with Crippen molar-refractivity contribution in [1.29, 1.82) is 0 Å². The second-order valence-electron chi connectivity index (χ2n) is 5.55. The largest absolute Gasteiger partial charge is 0.351 e. The van der Waals surface area contributed by atoms with Crippen molar-refractivity contribution in [3.05, 3.63) is 42.2 Å². The Bertz CT molecular complexity index is 613. The molecule has 0 bridgehead atoms. The smallest absolute Gasteiger partial charge is 0.222 e. The van der Waals surface area contributed by atoms with E-state index in [1.807, 2.05) is 36.7 Å². The zero-order chi connectivity index (χ0) is 14.7. The van der Waals surface area contributed by atoms with Crippen molar-refractivity contribution in [1.82, 2.24) is 9.97 Å². The molecule has 1 aliphatic carbocycles. The fourth-order valence-corrected chi connectivity index (χ4v) is 2.70. The lowest BCUT2D eigenvalue weighted by atomic mass is 10.1. The van der Waals surface area contributed by atoms with E-state index < -0.39 is 0 Å². The number of hydrogen-bond donors (Lipinski definition) is 1. The lowest BCUT2D eigenvalue weighted by Gasteiger charge is -2.11. The summed E-state index contributed by atoms with van der Waals surface area (Å²) in [6.45, 7) is 1.57. The Morgan fingerprint density at radius 2 is 1.67 bits per heavy atom. The van der Waals surface area contributed by atoms with E-state index in [2.05, 4.69) is 15.3 Å².